The lowest BCUT2D eigenvalue weighted by Gasteiger charge is -2.29. The molecule has 168 valence electrons. The van der Waals surface area contributed by atoms with Gasteiger partial charge in [-0.15, -0.1) is 0 Å². The summed E-state index contributed by atoms with van der Waals surface area (Å²) in [6.45, 7) is 7.42. The molecule has 0 aliphatic heterocycles. The van der Waals surface area contributed by atoms with Crippen molar-refractivity contribution in [1.29, 1.82) is 0 Å². The van der Waals surface area contributed by atoms with Gasteiger partial charge in [0.25, 0.3) is 0 Å². The second-order valence-electron chi connectivity index (χ2n) is 8.20. The number of rotatable bonds is 5. The van der Waals surface area contributed by atoms with Crippen molar-refractivity contribution < 1.29 is 20.1 Å². The van der Waals surface area contributed by atoms with E-state index in [1.165, 1.54) is 0 Å². The lowest BCUT2D eigenvalue weighted by Crippen LogP contribution is -2.12. The minimum Gasteiger partial charge on any atom is -0.508 e. The molecule has 0 heterocycles. The molecule has 4 aromatic carbocycles. The van der Waals surface area contributed by atoms with Gasteiger partial charge in [-0.25, -0.2) is 0 Å². The standard InChI is InChI=1S/C28H27NO4/c1-17-9-7-12-23(26(17)31)29(24-13-8-10-18(2)27(24)32)22-11-5-6-14-25(22)33-28-19(3)15-21(30)16-20(28)4/h5-16,30-32H,1-4H3. The third-order valence-electron chi connectivity index (χ3n) is 5.68. The van der Waals surface area contributed by atoms with E-state index in [0.717, 1.165) is 11.1 Å². The molecule has 0 aromatic heterocycles. The van der Waals surface area contributed by atoms with Crippen LogP contribution in [0.15, 0.2) is 72.8 Å². The summed E-state index contributed by atoms with van der Waals surface area (Å²) in [5, 5.41) is 31.8. The minimum absolute atomic E-state index is 0.116. The molecule has 0 spiro atoms. The lowest BCUT2D eigenvalue weighted by atomic mass is 10.1. The first-order chi connectivity index (χ1) is 15.8. The van der Waals surface area contributed by atoms with E-state index in [2.05, 4.69) is 0 Å². The van der Waals surface area contributed by atoms with Gasteiger partial charge in [-0.2, -0.15) is 0 Å². The largest absolute Gasteiger partial charge is 0.508 e. The summed E-state index contributed by atoms with van der Waals surface area (Å²) in [5.41, 5.74) is 4.71. The molecule has 5 heteroatoms. The van der Waals surface area contributed by atoms with Crippen molar-refractivity contribution in [3.05, 3.63) is 95.1 Å². The Bertz CT molecular complexity index is 1260. The Balaban J connectivity index is 1.95. The van der Waals surface area contributed by atoms with Gasteiger partial charge in [-0.3, -0.25) is 4.90 Å². The topological polar surface area (TPSA) is 73.2 Å². The van der Waals surface area contributed by atoms with Crippen molar-refractivity contribution >= 4 is 17.1 Å². The summed E-state index contributed by atoms with van der Waals surface area (Å²) in [6.07, 6.45) is 0. The third kappa shape index (κ3) is 4.17. The number of phenolic OH excluding ortho intramolecular Hbond substituents is 3. The van der Waals surface area contributed by atoms with Crippen LogP contribution >= 0.6 is 0 Å². The Labute approximate surface area is 193 Å². The molecule has 0 fully saturated rings. The summed E-state index contributed by atoms with van der Waals surface area (Å²) in [4.78, 5) is 1.80. The number of phenols is 3. The van der Waals surface area contributed by atoms with Crippen LogP contribution in [0.25, 0.3) is 0 Å². The zero-order valence-electron chi connectivity index (χ0n) is 19.1. The first kappa shape index (κ1) is 22.1. The molecule has 0 radical (unpaired) electrons. The van der Waals surface area contributed by atoms with Gasteiger partial charge in [0.15, 0.2) is 5.75 Å². The van der Waals surface area contributed by atoms with Gasteiger partial charge in [-0.1, -0.05) is 36.4 Å². The number of ether oxygens (including phenoxy) is 1. The van der Waals surface area contributed by atoms with Crippen molar-refractivity contribution in [3.8, 4) is 28.7 Å². The maximum Gasteiger partial charge on any atom is 0.151 e. The van der Waals surface area contributed by atoms with Gasteiger partial charge in [0.2, 0.25) is 0 Å². The SMILES string of the molecule is Cc1cccc(N(c2ccccc2Oc2c(C)cc(O)cc2C)c2cccc(C)c2O)c1O. The van der Waals surface area contributed by atoms with Crippen LogP contribution in [0, 0.1) is 27.7 Å². The van der Waals surface area contributed by atoms with Crippen LogP contribution in [0.1, 0.15) is 22.3 Å². The Morgan fingerprint density at radius 1 is 0.576 bits per heavy atom. The summed E-state index contributed by atoms with van der Waals surface area (Å²) < 4.78 is 6.37. The summed E-state index contributed by atoms with van der Waals surface area (Å²) in [6, 6.07) is 21.8. The van der Waals surface area contributed by atoms with Gasteiger partial charge in [0, 0.05) is 0 Å². The van der Waals surface area contributed by atoms with Crippen LogP contribution in [0.3, 0.4) is 0 Å². The maximum atomic E-state index is 11.0. The lowest BCUT2D eigenvalue weighted by molar-refractivity contribution is 0.457. The van der Waals surface area contributed by atoms with Crippen LogP contribution in [-0.2, 0) is 0 Å². The van der Waals surface area contributed by atoms with Crippen LogP contribution in [0.5, 0.6) is 28.7 Å². The predicted octanol–water partition coefficient (Wildman–Crippen LogP) is 7.30. The number of nitrogens with zero attached hydrogens (tertiary/aromatic N) is 1. The van der Waals surface area contributed by atoms with Gasteiger partial charge in [0.1, 0.15) is 23.0 Å². The first-order valence-corrected chi connectivity index (χ1v) is 10.7. The molecule has 33 heavy (non-hydrogen) atoms. The van der Waals surface area contributed by atoms with Crippen LogP contribution in [0.2, 0.25) is 0 Å². The highest BCUT2D eigenvalue weighted by molar-refractivity contribution is 5.86. The normalized spacial score (nSPS) is 10.8. The van der Waals surface area contributed by atoms with E-state index in [-0.39, 0.29) is 17.2 Å². The smallest absolute Gasteiger partial charge is 0.151 e. The zero-order chi connectivity index (χ0) is 23.7. The Hall–Kier alpha value is -4.12. The van der Waals surface area contributed by atoms with Gasteiger partial charge >= 0.3 is 0 Å². The fourth-order valence-electron chi connectivity index (χ4n) is 3.96. The third-order valence-corrected chi connectivity index (χ3v) is 5.68. The first-order valence-electron chi connectivity index (χ1n) is 10.7. The van der Waals surface area contributed by atoms with Gasteiger partial charge in [0.05, 0.1) is 17.1 Å². The average molecular weight is 442 g/mol. The molecule has 0 unspecified atom stereocenters. The number of aryl methyl sites for hydroxylation is 4. The Morgan fingerprint density at radius 2 is 1.06 bits per heavy atom. The van der Waals surface area contributed by atoms with E-state index >= 15 is 0 Å². The van der Waals surface area contributed by atoms with Gasteiger partial charge < -0.3 is 20.1 Å². The molecule has 0 saturated heterocycles. The highest BCUT2D eigenvalue weighted by Gasteiger charge is 2.24. The highest BCUT2D eigenvalue weighted by Crippen LogP contribution is 2.49. The number of para-hydroxylation sites is 4. The summed E-state index contributed by atoms with van der Waals surface area (Å²) in [5.74, 6) is 1.59. The summed E-state index contributed by atoms with van der Waals surface area (Å²) in [7, 11) is 0. The second kappa shape index (κ2) is 8.79. The quantitative estimate of drug-likeness (QED) is 0.303. The molecular formula is C28H27NO4. The molecular weight excluding hydrogens is 414 g/mol. The molecule has 0 aliphatic rings. The average Bonchev–Trinajstić information content (AvgIpc) is 2.77. The second-order valence-corrected chi connectivity index (χ2v) is 8.20. The van der Waals surface area contributed by atoms with Crippen molar-refractivity contribution in [2.45, 2.75) is 27.7 Å². The molecule has 0 amide bonds. The van der Waals surface area contributed by atoms with E-state index in [9.17, 15) is 15.3 Å². The van der Waals surface area contributed by atoms with E-state index in [1.807, 2.05) is 76.2 Å². The summed E-state index contributed by atoms with van der Waals surface area (Å²) >= 11 is 0. The minimum atomic E-state index is 0.116. The van der Waals surface area contributed by atoms with Crippen molar-refractivity contribution in [2.24, 2.45) is 0 Å². The Morgan fingerprint density at radius 3 is 1.61 bits per heavy atom. The fraction of sp³-hybridized carbons (Fsp3) is 0.143. The van der Waals surface area contributed by atoms with Crippen LogP contribution in [0.4, 0.5) is 17.1 Å². The van der Waals surface area contributed by atoms with Crippen LogP contribution < -0.4 is 9.64 Å². The van der Waals surface area contributed by atoms with E-state index in [4.69, 9.17) is 4.74 Å². The maximum absolute atomic E-state index is 11.0. The highest BCUT2D eigenvalue weighted by atomic mass is 16.5. The van der Waals surface area contributed by atoms with E-state index in [0.29, 0.717) is 39.7 Å². The van der Waals surface area contributed by atoms with E-state index in [1.54, 1.807) is 29.2 Å². The van der Waals surface area contributed by atoms with Crippen molar-refractivity contribution in [3.63, 3.8) is 0 Å². The molecule has 0 atom stereocenters. The van der Waals surface area contributed by atoms with E-state index < -0.39 is 0 Å². The number of hydrogen-bond acceptors (Lipinski definition) is 5. The van der Waals surface area contributed by atoms with Crippen LogP contribution in [-0.4, -0.2) is 15.3 Å². The number of anilines is 3. The molecule has 0 aliphatic carbocycles. The Kier molecular flexibility index (Phi) is 5.88. The number of benzene rings is 4. The number of aromatic hydroxyl groups is 3. The molecule has 4 aromatic rings. The monoisotopic (exact) mass is 441 g/mol. The molecule has 0 saturated carbocycles. The fourth-order valence-corrected chi connectivity index (χ4v) is 3.96. The molecule has 0 bridgehead atoms. The van der Waals surface area contributed by atoms with Crippen molar-refractivity contribution in [1.82, 2.24) is 0 Å². The van der Waals surface area contributed by atoms with Gasteiger partial charge in [-0.05, 0) is 86.3 Å². The molecule has 4 rings (SSSR count). The zero-order valence-corrected chi connectivity index (χ0v) is 19.1. The number of hydrogen-bond donors (Lipinski definition) is 3. The molecule has 3 N–H and O–H groups in total. The van der Waals surface area contributed by atoms with Crippen molar-refractivity contribution in [2.75, 3.05) is 4.90 Å². The molecule has 5 nitrogen and oxygen atoms in total. The predicted molar refractivity (Wildman–Crippen MR) is 132 cm³/mol.